The highest BCUT2D eigenvalue weighted by atomic mass is 28.3. The van der Waals surface area contributed by atoms with Gasteiger partial charge in [-0.1, -0.05) is 6.58 Å². The Hall–Kier alpha value is -0.436. The van der Waals surface area contributed by atoms with Gasteiger partial charge in [0.1, 0.15) is 20.2 Å². The number of esters is 1. The fourth-order valence-electron chi connectivity index (χ4n) is 0.643. The Bertz CT molecular complexity index is 150. The van der Waals surface area contributed by atoms with E-state index in [0.717, 1.165) is 22.6 Å². The molecular weight excluding hydrogens is 192 g/mol. The summed E-state index contributed by atoms with van der Waals surface area (Å²) in [7, 11) is 0.277. The van der Waals surface area contributed by atoms with Crippen molar-refractivity contribution in [2.24, 2.45) is 0 Å². The van der Waals surface area contributed by atoms with Gasteiger partial charge in [0.2, 0.25) is 6.29 Å². The Balaban J connectivity index is 3.38. The number of carbonyl (C=O) groups excluding carboxylic acids is 1. The molecule has 1 unspecified atom stereocenters. The maximum Gasteiger partial charge on any atom is 0.332 e. The summed E-state index contributed by atoms with van der Waals surface area (Å²) in [5.74, 6) is -0.587. The average molecular weight is 206 g/mol. The SMILES string of the molecule is C=CC(=O)OC(O)CC[SiH2]O[SiH3]. The zero-order valence-electron chi connectivity index (χ0n) is 7.16. The topological polar surface area (TPSA) is 55.8 Å². The summed E-state index contributed by atoms with van der Waals surface area (Å²) in [5, 5.41) is 9.06. The van der Waals surface area contributed by atoms with Crippen molar-refractivity contribution >= 4 is 26.2 Å². The highest BCUT2D eigenvalue weighted by Gasteiger charge is 2.06. The van der Waals surface area contributed by atoms with Crippen molar-refractivity contribution in [1.29, 1.82) is 0 Å². The number of rotatable bonds is 6. The second-order valence-electron chi connectivity index (χ2n) is 2.23. The van der Waals surface area contributed by atoms with Crippen molar-refractivity contribution in [3.05, 3.63) is 12.7 Å². The van der Waals surface area contributed by atoms with Gasteiger partial charge in [0.05, 0.1) is 0 Å². The van der Waals surface area contributed by atoms with Gasteiger partial charge in [0.15, 0.2) is 0 Å². The van der Waals surface area contributed by atoms with Crippen LogP contribution in [-0.2, 0) is 13.6 Å². The van der Waals surface area contributed by atoms with Crippen LogP contribution < -0.4 is 0 Å². The van der Waals surface area contributed by atoms with Crippen molar-refractivity contribution in [1.82, 2.24) is 0 Å². The Kier molecular flexibility index (Phi) is 6.96. The van der Waals surface area contributed by atoms with Crippen LogP contribution in [0.1, 0.15) is 6.42 Å². The number of aliphatic hydroxyl groups excluding tert-OH is 1. The molecule has 0 aromatic heterocycles. The summed E-state index contributed by atoms with van der Waals surface area (Å²) in [6.07, 6.45) is 0.498. The lowest BCUT2D eigenvalue weighted by atomic mass is 10.5. The van der Waals surface area contributed by atoms with Gasteiger partial charge in [0.25, 0.3) is 0 Å². The molecule has 0 aliphatic carbocycles. The van der Waals surface area contributed by atoms with Crippen LogP contribution in [0.5, 0.6) is 0 Å². The van der Waals surface area contributed by atoms with E-state index in [0.29, 0.717) is 6.42 Å². The second-order valence-corrected chi connectivity index (χ2v) is 5.66. The normalized spacial score (nSPS) is 13.4. The molecule has 1 N–H and O–H groups in total. The van der Waals surface area contributed by atoms with E-state index in [1.807, 2.05) is 0 Å². The highest BCUT2D eigenvalue weighted by molar-refractivity contribution is 6.34. The van der Waals surface area contributed by atoms with Gasteiger partial charge in [-0.05, 0) is 6.04 Å². The van der Waals surface area contributed by atoms with E-state index in [4.69, 9.17) is 9.22 Å². The summed E-state index contributed by atoms with van der Waals surface area (Å²) in [4.78, 5) is 10.5. The van der Waals surface area contributed by atoms with Crippen LogP contribution in [0.2, 0.25) is 6.04 Å². The quantitative estimate of drug-likeness (QED) is 0.184. The summed E-state index contributed by atoms with van der Waals surface area (Å²) in [6, 6.07) is 0.828. The number of hydrogen-bond acceptors (Lipinski definition) is 4. The van der Waals surface area contributed by atoms with Crippen molar-refractivity contribution in [2.75, 3.05) is 0 Å². The fourth-order valence-corrected chi connectivity index (χ4v) is 2.31. The molecule has 0 saturated carbocycles. The number of hydrogen-bond donors (Lipinski definition) is 1. The highest BCUT2D eigenvalue weighted by Crippen LogP contribution is 1.99. The van der Waals surface area contributed by atoms with Crippen molar-refractivity contribution < 1.29 is 18.8 Å². The first-order valence-corrected chi connectivity index (χ1v) is 6.10. The van der Waals surface area contributed by atoms with Crippen LogP contribution in [0.25, 0.3) is 0 Å². The minimum Gasteiger partial charge on any atom is -0.468 e. The van der Waals surface area contributed by atoms with Gasteiger partial charge in [-0.3, -0.25) is 0 Å². The van der Waals surface area contributed by atoms with Crippen LogP contribution in [-0.4, -0.2) is 37.6 Å². The maximum absolute atomic E-state index is 10.5. The van der Waals surface area contributed by atoms with Gasteiger partial charge < -0.3 is 14.0 Å². The van der Waals surface area contributed by atoms with Gasteiger partial charge >= 0.3 is 5.97 Å². The molecule has 70 valence electrons. The van der Waals surface area contributed by atoms with E-state index in [-0.39, 0.29) is 0 Å². The average Bonchev–Trinajstić information content (AvgIpc) is 2.05. The number of aliphatic hydroxyl groups is 1. The summed E-state index contributed by atoms with van der Waals surface area (Å²) in [5.41, 5.74) is 0. The molecule has 0 aliphatic heterocycles. The lowest BCUT2D eigenvalue weighted by Gasteiger charge is -2.09. The Morgan fingerprint density at radius 3 is 3.00 bits per heavy atom. The third-order valence-corrected chi connectivity index (χ3v) is 3.55. The molecule has 4 nitrogen and oxygen atoms in total. The lowest BCUT2D eigenvalue weighted by Crippen LogP contribution is -2.16. The zero-order chi connectivity index (χ0) is 9.40. The van der Waals surface area contributed by atoms with Gasteiger partial charge in [-0.25, -0.2) is 4.79 Å². The monoisotopic (exact) mass is 206 g/mol. The van der Waals surface area contributed by atoms with E-state index in [1.165, 1.54) is 0 Å². The van der Waals surface area contributed by atoms with E-state index in [9.17, 15) is 4.79 Å². The van der Waals surface area contributed by atoms with Crippen molar-refractivity contribution in [2.45, 2.75) is 18.8 Å². The van der Waals surface area contributed by atoms with E-state index in [2.05, 4.69) is 11.3 Å². The number of ether oxygens (including phenoxy) is 1. The summed E-state index contributed by atoms with van der Waals surface area (Å²) >= 11 is 0. The van der Waals surface area contributed by atoms with Crippen LogP contribution in [0.15, 0.2) is 12.7 Å². The minimum absolute atomic E-state index is 0.466. The van der Waals surface area contributed by atoms with E-state index < -0.39 is 22.0 Å². The molecule has 0 aromatic carbocycles. The molecule has 0 bridgehead atoms. The second kappa shape index (κ2) is 7.23. The van der Waals surface area contributed by atoms with Crippen molar-refractivity contribution in [3.63, 3.8) is 0 Å². The predicted molar refractivity (Wildman–Crippen MR) is 51.3 cm³/mol. The molecule has 0 amide bonds. The van der Waals surface area contributed by atoms with Gasteiger partial charge in [0, 0.05) is 12.5 Å². The molecule has 6 heteroatoms. The Morgan fingerprint density at radius 2 is 2.50 bits per heavy atom. The minimum atomic E-state index is -1.00. The first-order chi connectivity index (χ1) is 5.70. The van der Waals surface area contributed by atoms with Crippen molar-refractivity contribution in [3.8, 4) is 0 Å². The van der Waals surface area contributed by atoms with Crippen LogP contribution >= 0.6 is 0 Å². The molecule has 0 rings (SSSR count). The smallest absolute Gasteiger partial charge is 0.332 e. The Morgan fingerprint density at radius 1 is 1.83 bits per heavy atom. The largest absolute Gasteiger partial charge is 0.468 e. The molecule has 0 radical (unpaired) electrons. The third kappa shape index (κ3) is 6.29. The van der Waals surface area contributed by atoms with Crippen LogP contribution in [0.4, 0.5) is 0 Å². The molecule has 0 aromatic rings. The fraction of sp³-hybridized carbons (Fsp3) is 0.500. The van der Waals surface area contributed by atoms with Crippen LogP contribution in [0, 0.1) is 0 Å². The molecular formula is C6H14O4Si2. The third-order valence-electron chi connectivity index (χ3n) is 1.22. The molecule has 0 aliphatic rings. The molecule has 0 saturated heterocycles. The maximum atomic E-state index is 10.5. The summed E-state index contributed by atoms with van der Waals surface area (Å²) in [6.45, 7) is 3.21. The first kappa shape index (κ1) is 11.6. The standard InChI is InChI=1S/C6H14O4Si2/c1-2-5(7)9-6(8)3-4-12-10-11/h2,6,8H,1,3-4,12H2,11H3. The first-order valence-electron chi connectivity index (χ1n) is 3.70. The predicted octanol–water partition coefficient (Wildman–Crippen LogP) is -1.78. The molecule has 1 atom stereocenters. The number of carbonyl (C=O) groups is 1. The van der Waals surface area contributed by atoms with Gasteiger partial charge in [-0.15, -0.1) is 0 Å². The lowest BCUT2D eigenvalue weighted by molar-refractivity contribution is -0.161. The molecule has 0 spiro atoms. The molecule has 0 fully saturated rings. The summed E-state index contributed by atoms with van der Waals surface area (Å²) < 4.78 is 9.55. The molecule has 0 heterocycles. The molecule has 12 heavy (non-hydrogen) atoms. The van der Waals surface area contributed by atoms with Gasteiger partial charge in [-0.2, -0.15) is 0 Å². The zero-order valence-corrected chi connectivity index (χ0v) is 10.6. The Labute approximate surface area is 77.0 Å². The van der Waals surface area contributed by atoms with E-state index in [1.54, 1.807) is 0 Å². The van der Waals surface area contributed by atoms with Crippen LogP contribution in [0.3, 0.4) is 0 Å². The van der Waals surface area contributed by atoms with E-state index >= 15 is 0 Å².